The number of pyridine rings is 1. The van der Waals surface area contributed by atoms with Crippen LogP contribution in [-0.4, -0.2) is 9.38 Å². The third-order valence-corrected chi connectivity index (χ3v) is 5.13. The van der Waals surface area contributed by atoms with Crippen molar-refractivity contribution in [3.63, 3.8) is 0 Å². The van der Waals surface area contributed by atoms with E-state index in [9.17, 15) is 13.2 Å². The topological polar surface area (TPSA) is 17.3 Å². The van der Waals surface area contributed by atoms with E-state index >= 15 is 0 Å². The van der Waals surface area contributed by atoms with E-state index in [0.717, 1.165) is 18.4 Å². The molecule has 1 unspecified atom stereocenters. The SMILES string of the molecule is CC(CCC1CCCCC1)c1c(C(F)(F)F)ccc2cncn12. The van der Waals surface area contributed by atoms with E-state index in [2.05, 4.69) is 4.98 Å². The third-order valence-electron chi connectivity index (χ3n) is 5.13. The molecule has 1 aliphatic rings. The second kappa shape index (κ2) is 6.54. The largest absolute Gasteiger partial charge is 0.418 e. The Hall–Kier alpha value is -1.52. The summed E-state index contributed by atoms with van der Waals surface area (Å²) in [6.07, 6.45) is 6.89. The summed E-state index contributed by atoms with van der Waals surface area (Å²) in [4.78, 5) is 4.01. The van der Waals surface area contributed by atoms with Crippen LogP contribution in [0.4, 0.5) is 13.2 Å². The van der Waals surface area contributed by atoms with Crippen LogP contribution in [0.15, 0.2) is 24.7 Å². The van der Waals surface area contributed by atoms with Crippen LogP contribution in [-0.2, 0) is 6.18 Å². The summed E-state index contributed by atoms with van der Waals surface area (Å²) in [6, 6.07) is 2.69. The van der Waals surface area contributed by atoms with Crippen molar-refractivity contribution < 1.29 is 13.2 Å². The number of nitrogens with zero attached hydrogens (tertiary/aromatic N) is 2. The van der Waals surface area contributed by atoms with Gasteiger partial charge in [-0.3, -0.25) is 0 Å². The van der Waals surface area contributed by atoms with Crippen molar-refractivity contribution in [2.24, 2.45) is 5.92 Å². The summed E-state index contributed by atoms with van der Waals surface area (Å²) in [6.45, 7) is 1.91. The number of rotatable bonds is 4. The van der Waals surface area contributed by atoms with Gasteiger partial charge in [-0.05, 0) is 36.8 Å². The first-order valence-electron chi connectivity index (χ1n) is 8.49. The fourth-order valence-corrected chi connectivity index (χ4v) is 3.85. The molecule has 1 saturated carbocycles. The first-order valence-corrected chi connectivity index (χ1v) is 8.49. The summed E-state index contributed by atoms with van der Waals surface area (Å²) in [5, 5.41) is 0. The van der Waals surface area contributed by atoms with Crippen LogP contribution in [0.5, 0.6) is 0 Å². The van der Waals surface area contributed by atoms with Crippen molar-refractivity contribution in [1.29, 1.82) is 0 Å². The maximum atomic E-state index is 13.4. The lowest BCUT2D eigenvalue weighted by Crippen LogP contribution is -2.16. The molecular weight excluding hydrogens is 301 g/mol. The Morgan fingerprint density at radius 3 is 2.65 bits per heavy atom. The molecule has 0 amide bonds. The number of alkyl halides is 3. The van der Waals surface area contributed by atoms with E-state index in [0.29, 0.717) is 11.6 Å². The van der Waals surface area contributed by atoms with Gasteiger partial charge in [0.15, 0.2) is 0 Å². The number of hydrogen-bond acceptors (Lipinski definition) is 1. The second-order valence-electron chi connectivity index (χ2n) is 6.80. The molecule has 0 aliphatic heterocycles. The van der Waals surface area contributed by atoms with Crippen molar-refractivity contribution in [3.05, 3.63) is 35.9 Å². The van der Waals surface area contributed by atoms with Crippen LogP contribution in [0.1, 0.15) is 69.0 Å². The predicted molar refractivity (Wildman–Crippen MR) is 84.4 cm³/mol. The van der Waals surface area contributed by atoms with Gasteiger partial charge in [0.1, 0.15) is 0 Å². The molecule has 2 nitrogen and oxygen atoms in total. The number of halogens is 3. The lowest BCUT2D eigenvalue weighted by atomic mass is 9.83. The molecule has 0 radical (unpaired) electrons. The average molecular weight is 324 g/mol. The predicted octanol–water partition coefficient (Wildman–Crippen LogP) is 5.82. The number of hydrogen-bond donors (Lipinski definition) is 0. The molecule has 0 aromatic carbocycles. The molecule has 2 aromatic rings. The van der Waals surface area contributed by atoms with E-state index < -0.39 is 11.7 Å². The van der Waals surface area contributed by atoms with Gasteiger partial charge in [-0.15, -0.1) is 0 Å². The quantitative estimate of drug-likeness (QED) is 0.693. The Bertz CT molecular complexity index is 654. The Balaban J connectivity index is 1.85. The van der Waals surface area contributed by atoms with Gasteiger partial charge >= 0.3 is 6.18 Å². The fraction of sp³-hybridized carbons (Fsp3) is 0.611. The lowest BCUT2D eigenvalue weighted by Gasteiger charge is -2.25. The Labute approximate surface area is 134 Å². The van der Waals surface area contributed by atoms with Crippen LogP contribution in [0, 0.1) is 5.92 Å². The minimum atomic E-state index is -4.33. The summed E-state index contributed by atoms with van der Waals surface area (Å²) >= 11 is 0. The average Bonchev–Trinajstić information content (AvgIpc) is 3.00. The molecule has 0 saturated heterocycles. The zero-order valence-electron chi connectivity index (χ0n) is 13.4. The molecule has 0 N–H and O–H groups in total. The molecule has 0 bridgehead atoms. The Kier molecular flexibility index (Phi) is 4.64. The molecule has 2 heterocycles. The minimum Gasteiger partial charge on any atom is -0.302 e. The van der Waals surface area contributed by atoms with Crippen LogP contribution in [0.25, 0.3) is 5.52 Å². The molecule has 0 spiro atoms. The molecule has 126 valence electrons. The van der Waals surface area contributed by atoms with Gasteiger partial charge in [-0.2, -0.15) is 13.2 Å². The third kappa shape index (κ3) is 3.54. The monoisotopic (exact) mass is 324 g/mol. The van der Waals surface area contributed by atoms with Crippen molar-refractivity contribution >= 4 is 5.52 Å². The smallest absolute Gasteiger partial charge is 0.302 e. The van der Waals surface area contributed by atoms with Crippen LogP contribution in [0.3, 0.4) is 0 Å². The summed E-state index contributed by atoms with van der Waals surface area (Å²) in [5.74, 6) is 0.550. The first kappa shape index (κ1) is 16.3. The van der Waals surface area contributed by atoms with Crippen molar-refractivity contribution in [1.82, 2.24) is 9.38 Å². The molecule has 3 rings (SSSR count). The van der Waals surface area contributed by atoms with Gasteiger partial charge in [0.2, 0.25) is 0 Å². The van der Waals surface area contributed by atoms with Crippen LogP contribution in [0.2, 0.25) is 0 Å². The molecule has 1 atom stereocenters. The summed E-state index contributed by atoms with van der Waals surface area (Å²) in [7, 11) is 0. The Morgan fingerprint density at radius 2 is 1.96 bits per heavy atom. The zero-order valence-corrected chi connectivity index (χ0v) is 13.4. The maximum absolute atomic E-state index is 13.4. The van der Waals surface area contributed by atoms with Crippen molar-refractivity contribution in [2.45, 2.75) is 64.0 Å². The second-order valence-corrected chi connectivity index (χ2v) is 6.80. The van der Waals surface area contributed by atoms with Gasteiger partial charge in [0, 0.05) is 5.69 Å². The van der Waals surface area contributed by atoms with Crippen LogP contribution >= 0.6 is 0 Å². The van der Waals surface area contributed by atoms with Crippen LogP contribution < -0.4 is 0 Å². The van der Waals surface area contributed by atoms with Gasteiger partial charge in [0.05, 0.1) is 23.6 Å². The Morgan fingerprint density at radius 1 is 1.22 bits per heavy atom. The molecule has 5 heteroatoms. The highest BCUT2D eigenvalue weighted by Crippen LogP contribution is 2.38. The van der Waals surface area contributed by atoms with Crippen molar-refractivity contribution in [2.75, 3.05) is 0 Å². The van der Waals surface area contributed by atoms with Gasteiger partial charge in [-0.1, -0.05) is 39.0 Å². The van der Waals surface area contributed by atoms with Crippen molar-refractivity contribution in [3.8, 4) is 0 Å². The summed E-state index contributed by atoms with van der Waals surface area (Å²) in [5.41, 5.74) is 0.542. The van der Waals surface area contributed by atoms with Gasteiger partial charge < -0.3 is 4.40 Å². The number of imidazole rings is 1. The van der Waals surface area contributed by atoms with Gasteiger partial charge in [0.25, 0.3) is 0 Å². The first-order chi connectivity index (χ1) is 11.0. The minimum absolute atomic E-state index is 0.133. The molecular formula is C18H23F3N2. The van der Waals surface area contributed by atoms with E-state index in [1.54, 1.807) is 10.6 Å². The number of aromatic nitrogens is 2. The maximum Gasteiger partial charge on any atom is 0.418 e. The molecule has 1 aliphatic carbocycles. The normalized spacial score (nSPS) is 18.4. The van der Waals surface area contributed by atoms with E-state index in [-0.39, 0.29) is 5.92 Å². The van der Waals surface area contributed by atoms with E-state index in [4.69, 9.17) is 0 Å². The fourth-order valence-electron chi connectivity index (χ4n) is 3.85. The highest BCUT2D eigenvalue weighted by molar-refractivity contribution is 5.49. The zero-order chi connectivity index (χ0) is 16.4. The van der Waals surface area contributed by atoms with E-state index in [1.807, 2.05) is 6.92 Å². The summed E-state index contributed by atoms with van der Waals surface area (Å²) < 4.78 is 41.8. The highest BCUT2D eigenvalue weighted by Gasteiger charge is 2.36. The molecule has 1 fully saturated rings. The molecule has 23 heavy (non-hydrogen) atoms. The van der Waals surface area contributed by atoms with E-state index in [1.165, 1.54) is 50.6 Å². The number of fused-ring (bicyclic) bond motifs is 1. The standard InChI is InChI=1S/C18H23F3N2/c1-13(7-8-14-5-3-2-4-6-14)17-16(18(19,20)21)10-9-15-11-22-12-23(15)17/h9-14H,2-8H2,1H3. The molecule has 2 aromatic heterocycles. The van der Waals surface area contributed by atoms with Gasteiger partial charge in [-0.25, -0.2) is 4.98 Å². The highest BCUT2D eigenvalue weighted by atomic mass is 19.4. The lowest BCUT2D eigenvalue weighted by molar-refractivity contribution is -0.138.